The summed E-state index contributed by atoms with van der Waals surface area (Å²) in [5, 5.41) is 16.3. The lowest BCUT2D eigenvalue weighted by molar-refractivity contribution is 0.509. The third-order valence-electron chi connectivity index (χ3n) is 2.87. The van der Waals surface area contributed by atoms with Crippen LogP contribution in [0.15, 0.2) is 24.3 Å². The van der Waals surface area contributed by atoms with Crippen LogP contribution in [0.5, 0.6) is 0 Å². The standard InChI is InChI=1S/C13H18ClN5/c1-3-15-12(9-13-16-18-19(2)17-13)8-10-4-6-11(14)7-5-10/h4-7,12,15H,3,8-9H2,1-2H3. The Hall–Kier alpha value is -1.46. The van der Waals surface area contributed by atoms with E-state index in [1.807, 2.05) is 12.1 Å². The van der Waals surface area contributed by atoms with Crippen molar-refractivity contribution >= 4 is 11.6 Å². The molecule has 1 unspecified atom stereocenters. The molecule has 0 fully saturated rings. The molecule has 0 aliphatic rings. The van der Waals surface area contributed by atoms with E-state index in [9.17, 15) is 0 Å². The Bertz CT molecular complexity index is 508. The van der Waals surface area contributed by atoms with Crippen molar-refractivity contribution in [2.24, 2.45) is 7.05 Å². The smallest absolute Gasteiger partial charge is 0.176 e. The number of benzene rings is 1. The van der Waals surface area contributed by atoms with Gasteiger partial charge in [-0.2, -0.15) is 4.80 Å². The highest BCUT2D eigenvalue weighted by molar-refractivity contribution is 6.30. The number of hydrogen-bond acceptors (Lipinski definition) is 4. The van der Waals surface area contributed by atoms with E-state index < -0.39 is 0 Å². The van der Waals surface area contributed by atoms with Crippen molar-refractivity contribution in [2.75, 3.05) is 6.54 Å². The minimum Gasteiger partial charge on any atom is -0.313 e. The van der Waals surface area contributed by atoms with Gasteiger partial charge in [0.15, 0.2) is 5.82 Å². The van der Waals surface area contributed by atoms with Crippen molar-refractivity contribution < 1.29 is 0 Å². The molecule has 0 saturated heterocycles. The average Bonchev–Trinajstić information content (AvgIpc) is 2.78. The number of aromatic nitrogens is 4. The van der Waals surface area contributed by atoms with Gasteiger partial charge in [0.1, 0.15) is 0 Å². The van der Waals surface area contributed by atoms with E-state index >= 15 is 0 Å². The van der Waals surface area contributed by atoms with Crippen molar-refractivity contribution in [1.29, 1.82) is 0 Å². The van der Waals surface area contributed by atoms with Crippen molar-refractivity contribution in [3.8, 4) is 0 Å². The predicted molar refractivity (Wildman–Crippen MR) is 75.1 cm³/mol. The van der Waals surface area contributed by atoms with Crippen LogP contribution in [0.1, 0.15) is 18.3 Å². The molecule has 2 aromatic rings. The summed E-state index contributed by atoms with van der Waals surface area (Å²) in [6.45, 7) is 3.01. The van der Waals surface area contributed by atoms with Crippen LogP contribution in [0, 0.1) is 0 Å². The van der Waals surface area contributed by atoms with Gasteiger partial charge in [-0.25, -0.2) is 0 Å². The molecule has 1 aromatic carbocycles. The molecule has 1 aromatic heterocycles. The number of tetrazole rings is 1. The zero-order chi connectivity index (χ0) is 13.7. The number of nitrogens with one attached hydrogen (secondary N) is 1. The van der Waals surface area contributed by atoms with E-state index in [0.717, 1.165) is 30.2 Å². The number of hydrogen-bond donors (Lipinski definition) is 1. The molecule has 1 N–H and O–H groups in total. The highest BCUT2D eigenvalue weighted by atomic mass is 35.5. The normalized spacial score (nSPS) is 12.6. The zero-order valence-corrected chi connectivity index (χ0v) is 11.9. The molecule has 0 aliphatic carbocycles. The second-order valence-corrected chi connectivity index (χ2v) is 4.92. The van der Waals surface area contributed by atoms with Crippen LogP contribution >= 0.6 is 11.6 Å². The van der Waals surface area contributed by atoms with Crippen LogP contribution in [0.4, 0.5) is 0 Å². The SMILES string of the molecule is CCNC(Cc1ccc(Cl)cc1)Cc1nnn(C)n1. The Balaban J connectivity index is 2.01. The number of nitrogens with zero attached hydrogens (tertiary/aromatic N) is 4. The second kappa shape index (κ2) is 6.63. The summed E-state index contributed by atoms with van der Waals surface area (Å²) in [6, 6.07) is 8.24. The summed E-state index contributed by atoms with van der Waals surface area (Å²) in [7, 11) is 1.78. The largest absolute Gasteiger partial charge is 0.313 e. The molecule has 1 heterocycles. The molecule has 102 valence electrons. The number of aryl methyl sites for hydroxylation is 1. The fourth-order valence-electron chi connectivity index (χ4n) is 2.04. The predicted octanol–water partition coefficient (Wildman–Crippen LogP) is 1.63. The quantitative estimate of drug-likeness (QED) is 0.873. The van der Waals surface area contributed by atoms with Gasteiger partial charge in [-0.3, -0.25) is 0 Å². The molecule has 2 rings (SSSR count). The fourth-order valence-corrected chi connectivity index (χ4v) is 2.16. The Labute approximate surface area is 118 Å². The van der Waals surface area contributed by atoms with Gasteiger partial charge in [0.2, 0.25) is 0 Å². The Kier molecular flexibility index (Phi) is 4.87. The molecule has 0 spiro atoms. The summed E-state index contributed by atoms with van der Waals surface area (Å²) >= 11 is 5.90. The number of likely N-dealkylation sites (N-methyl/N-ethyl adjacent to an activating group) is 1. The van der Waals surface area contributed by atoms with Crippen LogP contribution in [-0.2, 0) is 19.9 Å². The van der Waals surface area contributed by atoms with Gasteiger partial charge in [0, 0.05) is 17.5 Å². The minimum atomic E-state index is 0.301. The molecule has 0 aliphatic heterocycles. The highest BCUT2D eigenvalue weighted by Crippen LogP contribution is 2.12. The molecule has 19 heavy (non-hydrogen) atoms. The Morgan fingerprint density at radius 2 is 2.00 bits per heavy atom. The molecule has 6 heteroatoms. The lowest BCUT2D eigenvalue weighted by Crippen LogP contribution is -2.33. The van der Waals surface area contributed by atoms with E-state index in [1.165, 1.54) is 10.4 Å². The zero-order valence-electron chi connectivity index (χ0n) is 11.2. The van der Waals surface area contributed by atoms with Crippen molar-refractivity contribution in [1.82, 2.24) is 25.5 Å². The van der Waals surface area contributed by atoms with Gasteiger partial charge < -0.3 is 5.32 Å². The number of rotatable bonds is 6. The first-order valence-electron chi connectivity index (χ1n) is 6.38. The lowest BCUT2D eigenvalue weighted by Gasteiger charge is -2.16. The summed E-state index contributed by atoms with van der Waals surface area (Å²) in [5.41, 5.74) is 1.25. The molecule has 0 saturated carbocycles. The molecule has 0 amide bonds. The first kappa shape index (κ1) is 14.0. The van der Waals surface area contributed by atoms with Crippen LogP contribution in [0.25, 0.3) is 0 Å². The van der Waals surface area contributed by atoms with Crippen LogP contribution in [0.3, 0.4) is 0 Å². The maximum absolute atomic E-state index is 5.90. The molecule has 5 nitrogen and oxygen atoms in total. The molecular weight excluding hydrogens is 262 g/mol. The van der Waals surface area contributed by atoms with Crippen LogP contribution in [0.2, 0.25) is 5.02 Å². The number of halogens is 1. The van der Waals surface area contributed by atoms with Crippen molar-refractivity contribution in [2.45, 2.75) is 25.8 Å². The topological polar surface area (TPSA) is 55.6 Å². The Morgan fingerprint density at radius 3 is 2.58 bits per heavy atom. The van der Waals surface area contributed by atoms with Gasteiger partial charge in [0.05, 0.1) is 7.05 Å². The monoisotopic (exact) mass is 279 g/mol. The summed E-state index contributed by atoms with van der Waals surface area (Å²) in [5.74, 6) is 0.766. The van der Waals surface area contributed by atoms with Gasteiger partial charge in [-0.15, -0.1) is 10.2 Å². The maximum Gasteiger partial charge on any atom is 0.176 e. The molecule has 1 atom stereocenters. The van der Waals surface area contributed by atoms with Gasteiger partial charge >= 0.3 is 0 Å². The third kappa shape index (κ3) is 4.29. The van der Waals surface area contributed by atoms with Crippen LogP contribution < -0.4 is 5.32 Å². The van der Waals surface area contributed by atoms with E-state index in [2.05, 4.69) is 39.8 Å². The summed E-state index contributed by atoms with van der Waals surface area (Å²) < 4.78 is 0. The van der Waals surface area contributed by atoms with Gasteiger partial charge in [-0.05, 0) is 35.9 Å². The van der Waals surface area contributed by atoms with Gasteiger partial charge in [-0.1, -0.05) is 30.7 Å². The molecule has 0 bridgehead atoms. The fraction of sp³-hybridized carbons (Fsp3) is 0.462. The summed E-state index contributed by atoms with van der Waals surface area (Å²) in [4.78, 5) is 1.49. The van der Waals surface area contributed by atoms with Gasteiger partial charge in [0.25, 0.3) is 0 Å². The first-order valence-corrected chi connectivity index (χ1v) is 6.76. The first-order chi connectivity index (χ1) is 9.17. The summed E-state index contributed by atoms with van der Waals surface area (Å²) in [6.07, 6.45) is 1.69. The van der Waals surface area contributed by atoms with E-state index in [-0.39, 0.29) is 0 Å². The van der Waals surface area contributed by atoms with E-state index in [4.69, 9.17) is 11.6 Å². The Morgan fingerprint density at radius 1 is 1.26 bits per heavy atom. The van der Waals surface area contributed by atoms with E-state index in [0.29, 0.717) is 6.04 Å². The van der Waals surface area contributed by atoms with Crippen molar-refractivity contribution in [3.05, 3.63) is 40.7 Å². The van der Waals surface area contributed by atoms with Crippen LogP contribution in [-0.4, -0.2) is 32.8 Å². The van der Waals surface area contributed by atoms with Crippen molar-refractivity contribution in [3.63, 3.8) is 0 Å². The minimum absolute atomic E-state index is 0.301. The molecule has 0 radical (unpaired) electrons. The molecular formula is C13H18ClN5. The maximum atomic E-state index is 5.90. The average molecular weight is 280 g/mol. The van der Waals surface area contributed by atoms with E-state index in [1.54, 1.807) is 7.05 Å². The lowest BCUT2D eigenvalue weighted by atomic mass is 10.0. The highest BCUT2D eigenvalue weighted by Gasteiger charge is 2.12. The third-order valence-corrected chi connectivity index (χ3v) is 3.12. The second-order valence-electron chi connectivity index (χ2n) is 4.48.